The SMILES string of the molecule is CN(CCCc1ccccc1)c1cc2c(cc1F)C(=O)N(C1CCC(=O)NC1=O)C2=O. The van der Waals surface area contributed by atoms with Crippen LogP contribution < -0.4 is 10.2 Å². The van der Waals surface area contributed by atoms with Crippen LogP contribution in [0.15, 0.2) is 42.5 Å². The molecular formula is C23H22FN3O4. The average molecular weight is 423 g/mol. The van der Waals surface area contributed by atoms with Crippen molar-refractivity contribution in [2.75, 3.05) is 18.5 Å². The van der Waals surface area contributed by atoms with Crippen molar-refractivity contribution in [1.29, 1.82) is 0 Å². The quantitative estimate of drug-likeness (QED) is 0.721. The molecular weight excluding hydrogens is 401 g/mol. The Hall–Kier alpha value is -3.55. The third kappa shape index (κ3) is 3.93. The number of halogens is 1. The lowest BCUT2D eigenvalue weighted by molar-refractivity contribution is -0.136. The number of amides is 4. The van der Waals surface area contributed by atoms with Gasteiger partial charge in [0.2, 0.25) is 11.8 Å². The molecule has 0 radical (unpaired) electrons. The molecule has 0 aromatic heterocycles. The number of hydrogen-bond acceptors (Lipinski definition) is 5. The normalized spacial score (nSPS) is 18.3. The maximum Gasteiger partial charge on any atom is 0.262 e. The van der Waals surface area contributed by atoms with Crippen LogP contribution in [0.2, 0.25) is 0 Å². The third-order valence-corrected chi connectivity index (χ3v) is 5.72. The van der Waals surface area contributed by atoms with Crippen molar-refractivity contribution < 1.29 is 23.6 Å². The van der Waals surface area contributed by atoms with Gasteiger partial charge in [0.15, 0.2) is 0 Å². The lowest BCUT2D eigenvalue weighted by Crippen LogP contribution is -2.54. The van der Waals surface area contributed by atoms with Crippen LogP contribution in [0.1, 0.15) is 45.5 Å². The molecule has 4 rings (SSSR count). The van der Waals surface area contributed by atoms with E-state index in [0.29, 0.717) is 6.54 Å². The van der Waals surface area contributed by atoms with Crippen LogP contribution in [-0.4, -0.2) is 48.2 Å². The topological polar surface area (TPSA) is 86.8 Å². The number of rotatable bonds is 6. The second-order valence-corrected chi connectivity index (χ2v) is 7.81. The van der Waals surface area contributed by atoms with E-state index in [1.165, 1.54) is 11.6 Å². The molecule has 2 aromatic rings. The second kappa shape index (κ2) is 8.29. The first-order valence-corrected chi connectivity index (χ1v) is 10.2. The molecule has 31 heavy (non-hydrogen) atoms. The van der Waals surface area contributed by atoms with Crippen LogP contribution in [-0.2, 0) is 16.0 Å². The predicted octanol–water partition coefficient (Wildman–Crippen LogP) is 2.30. The van der Waals surface area contributed by atoms with E-state index in [4.69, 9.17) is 0 Å². The summed E-state index contributed by atoms with van der Waals surface area (Å²) in [4.78, 5) is 51.8. The molecule has 1 N–H and O–H groups in total. The van der Waals surface area contributed by atoms with Gasteiger partial charge in [-0.25, -0.2) is 4.39 Å². The van der Waals surface area contributed by atoms with Gasteiger partial charge >= 0.3 is 0 Å². The highest BCUT2D eigenvalue weighted by atomic mass is 19.1. The van der Waals surface area contributed by atoms with Crippen LogP contribution in [0.5, 0.6) is 0 Å². The maximum atomic E-state index is 14.8. The number of aryl methyl sites for hydroxylation is 1. The number of imide groups is 2. The van der Waals surface area contributed by atoms with Crippen molar-refractivity contribution >= 4 is 29.3 Å². The minimum absolute atomic E-state index is 0.0353. The Balaban J connectivity index is 1.51. The fraction of sp³-hybridized carbons (Fsp3) is 0.304. The van der Waals surface area contributed by atoms with E-state index >= 15 is 0 Å². The van der Waals surface area contributed by atoms with E-state index < -0.39 is 35.5 Å². The lowest BCUT2D eigenvalue weighted by Gasteiger charge is -2.27. The highest BCUT2D eigenvalue weighted by Gasteiger charge is 2.45. The Morgan fingerprint density at radius 1 is 1.06 bits per heavy atom. The van der Waals surface area contributed by atoms with Gasteiger partial charge in [0.25, 0.3) is 11.8 Å². The fourth-order valence-corrected chi connectivity index (χ4v) is 4.06. The summed E-state index contributed by atoms with van der Waals surface area (Å²) in [5.41, 5.74) is 1.42. The molecule has 160 valence electrons. The molecule has 1 unspecified atom stereocenters. The van der Waals surface area contributed by atoms with Crippen LogP contribution >= 0.6 is 0 Å². The van der Waals surface area contributed by atoms with Crippen molar-refractivity contribution in [3.63, 3.8) is 0 Å². The number of benzene rings is 2. The molecule has 0 spiro atoms. The molecule has 2 aromatic carbocycles. The Morgan fingerprint density at radius 2 is 1.74 bits per heavy atom. The van der Waals surface area contributed by atoms with Gasteiger partial charge in [-0.2, -0.15) is 0 Å². The largest absolute Gasteiger partial charge is 0.372 e. The fourth-order valence-electron chi connectivity index (χ4n) is 4.06. The molecule has 4 amide bonds. The molecule has 2 aliphatic rings. The molecule has 8 heteroatoms. The second-order valence-electron chi connectivity index (χ2n) is 7.81. The molecule has 1 saturated heterocycles. The van der Waals surface area contributed by atoms with Crippen LogP contribution in [0.25, 0.3) is 0 Å². The molecule has 0 aliphatic carbocycles. The molecule has 0 bridgehead atoms. The highest BCUT2D eigenvalue weighted by molar-refractivity contribution is 6.23. The van der Waals surface area contributed by atoms with Gasteiger partial charge in [0.1, 0.15) is 11.9 Å². The summed E-state index contributed by atoms with van der Waals surface area (Å²) < 4.78 is 14.8. The van der Waals surface area contributed by atoms with E-state index in [9.17, 15) is 23.6 Å². The number of nitrogens with zero attached hydrogens (tertiary/aromatic N) is 2. The maximum absolute atomic E-state index is 14.8. The Kier molecular flexibility index (Phi) is 5.54. The summed E-state index contributed by atoms with van der Waals surface area (Å²) in [7, 11) is 1.73. The first-order chi connectivity index (χ1) is 14.9. The van der Waals surface area contributed by atoms with E-state index in [1.807, 2.05) is 30.3 Å². The summed E-state index contributed by atoms with van der Waals surface area (Å²) in [6.45, 7) is 0.559. The van der Waals surface area contributed by atoms with Crippen LogP contribution in [0, 0.1) is 5.82 Å². The van der Waals surface area contributed by atoms with Crippen molar-refractivity contribution in [1.82, 2.24) is 10.2 Å². The monoisotopic (exact) mass is 423 g/mol. The molecule has 1 fully saturated rings. The Morgan fingerprint density at radius 3 is 2.42 bits per heavy atom. The summed E-state index contributed by atoms with van der Waals surface area (Å²) in [5, 5.41) is 2.15. The minimum Gasteiger partial charge on any atom is -0.372 e. The van der Waals surface area contributed by atoms with Gasteiger partial charge in [0, 0.05) is 20.0 Å². The number of carbonyl (C=O) groups excluding carboxylic acids is 4. The van der Waals surface area contributed by atoms with Gasteiger partial charge in [0.05, 0.1) is 16.8 Å². The zero-order chi connectivity index (χ0) is 22.1. The number of fused-ring (bicyclic) bond motifs is 1. The Labute approximate surface area is 178 Å². The summed E-state index contributed by atoms with van der Waals surface area (Å²) >= 11 is 0. The predicted molar refractivity (Wildman–Crippen MR) is 111 cm³/mol. The number of anilines is 1. The smallest absolute Gasteiger partial charge is 0.262 e. The van der Waals surface area contributed by atoms with Crippen molar-refractivity contribution in [3.05, 3.63) is 65.0 Å². The number of hydrogen-bond donors (Lipinski definition) is 1. The summed E-state index contributed by atoms with van der Waals surface area (Å²) in [6, 6.07) is 11.3. The van der Waals surface area contributed by atoms with Crippen LogP contribution in [0.4, 0.5) is 10.1 Å². The number of piperidine rings is 1. The molecule has 2 aliphatic heterocycles. The minimum atomic E-state index is -1.07. The average Bonchev–Trinajstić information content (AvgIpc) is 2.98. The van der Waals surface area contributed by atoms with E-state index in [2.05, 4.69) is 5.32 Å². The van der Waals surface area contributed by atoms with Crippen LogP contribution in [0.3, 0.4) is 0 Å². The van der Waals surface area contributed by atoms with Crippen molar-refractivity contribution in [3.8, 4) is 0 Å². The molecule has 2 heterocycles. The van der Waals surface area contributed by atoms with Gasteiger partial charge in [-0.3, -0.25) is 29.4 Å². The summed E-state index contributed by atoms with van der Waals surface area (Å²) in [5.74, 6) is -3.10. The zero-order valence-corrected chi connectivity index (χ0v) is 17.1. The van der Waals surface area contributed by atoms with Gasteiger partial charge in [-0.15, -0.1) is 0 Å². The molecule has 0 saturated carbocycles. The highest BCUT2D eigenvalue weighted by Crippen LogP contribution is 2.32. The van der Waals surface area contributed by atoms with Gasteiger partial charge < -0.3 is 4.90 Å². The first-order valence-electron chi connectivity index (χ1n) is 10.2. The molecule has 7 nitrogen and oxygen atoms in total. The zero-order valence-electron chi connectivity index (χ0n) is 17.1. The standard InChI is InChI=1S/C23H22FN3O4/c1-26(11-5-8-14-6-3-2-4-7-14)19-13-16-15(12-17(19)24)22(30)27(23(16)31)18-9-10-20(28)25-21(18)29/h2-4,6-7,12-13,18H,5,8-11H2,1H3,(H,25,28,29). The summed E-state index contributed by atoms with van der Waals surface area (Å²) in [6.07, 6.45) is 1.71. The molecule has 1 atom stereocenters. The van der Waals surface area contributed by atoms with Crippen molar-refractivity contribution in [2.45, 2.75) is 31.7 Å². The Bertz CT molecular complexity index is 1070. The van der Waals surface area contributed by atoms with Crippen molar-refractivity contribution in [2.24, 2.45) is 0 Å². The first kappa shape index (κ1) is 20.7. The van der Waals surface area contributed by atoms with Gasteiger partial charge in [-0.1, -0.05) is 30.3 Å². The van der Waals surface area contributed by atoms with E-state index in [1.54, 1.807) is 11.9 Å². The number of carbonyl (C=O) groups is 4. The lowest BCUT2D eigenvalue weighted by atomic mass is 10.0. The van der Waals surface area contributed by atoms with E-state index in [-0.39, 0.29) is 29.7 Å². The number of nitrogens with one attached hydrogen (secondary N) is 1. The van der Waals surface area contributed by atoms with Gasteiger partial charge in [-0.05, 0) is 37.0 Å². The van der Waals surface area contributed by atoms with E-state index in [0.717, 1.165) is 23.8 Å². The third-order valence-electron chi connectivity index (χ3n) is 5.72.